The lowest BCUT2D eigenvalue weighted by Crippen LogP contribution is -2.07. The number of aryl methyl sites for hydroxylation is 1. The van der Waals surface area contributed by atoms with E-state index >= 15 is 0 Å². The highest BCUT2D eigenvalue weighted by Gasteiger charge is 2.12. The number of hydrogen-bond donors (Lipinski definition) is 1. The van der Waals surface area contributed by atoms with Gasteiger partial charge in [0.1, 0.15) is 5.82 Å². The summed E-state index contributed by atoms with van der Waals surface area (Å²) in [4.78, 5) is 2.17. The molecule has 0 unspecified atom stereocenters. The van der Waals surface area contributed by atoms with E-state index in [2.05, 4.69) is 38.1 Å². The standard InChI is InChI=1S/C18H22FNS/c1-11(2)14-5-7-15(8-6-14)21-18-9-12(3)17(19)10-16(18)13(4)20/h5-11,13H,20H2,1-4H3/t13-/m0/s1. The monoisotopic (exact) mass is 303 g/mol. The van der Waals surface area contributed by atoms with Crippen LogP contribution in [0, 0.1) is 12.7 Å². The highest BCUT2D eigenvalue weighted by Crippen LogP contribution is 2.35. The number of hydrogen-bond acceptors (Lipinski definition) is 2. The van der Waals surface area contributed by atoms with Gasteiger partial charge in [-0.3, -0.25) is 0 Å². The lowest BCUT2D eigenvalue weighted by atomic mass is 10.0. The third-order valence-electron chi connectivity index (χ3n) is 3.56. The molecule has 2 rings (SSSR count). The summed E-state index contributed by atoms with van der Waals surface area (Å²) in [6.07, 6.45) is 0. The molecule has 0 aliphatic rings. The van der Waals surface area contributed by atoms with Crippen LogP contribution in [0.4, 0.5) is 4.39 Å². The summed E-state index contributed by atoms with van der Waals surface area (Å²) >= 11 is 1.64. The molecule has 0 bridgehead atoms. The number of rotatable bonds is 4. The van der Waals surface area contributed by atoms with Crippen molar-refractivity contribution in [1.82, 2.24) is 0 Å². The Kier molecular flexibility index (Phi) is 5.07. The third-order valence-corrected chi connectivity index (χ3v) is 4.64. The zero-order valence-electron chi connectivity index (χ0n) is 13.0. The Balaban J connectivity index is 2.32. The van der Waals surface area contributed by atoms with Gasteiger partial charge in [0.2, 0.25) is 0 Å². The highest BCUT2D eigenvalue weighted by molar-refractivity contribution is 7.99. The second-order valence-corrected chi connectivity index (χ2v) is 6.87. The minimum atomic E-state index is -0.193. The molecule has 0 radical (unpaired) electrons. The zero-order valence-corrected chi connectivity index (χ0v) is 13.8. The van der Waals surface area contributed by atoms with Gasteiger partial charge in [0.05, 0.1) is 0 Å². The van der Waals surface area contributed by atoms with Crippen LogP contribution in [-0.4, -0.2) is 0 Å². The summed E-state index contributed by atoms with van der Waals surface area (Å²) < 4.78 is 13.7. The molecule has 0 spiro atoms. The van der Waals surface area contributed by atoms with E-state index in [1.807, 2.05) is 13.0 Å². The number of nitrogens with two attached hydrogens (primary N) is 1. The molecule has 21 heavy (non-hydrogen) atoms. The average Bonchev–Trinajstić information content (AvgIpc) is 2.43. The van der Waals surface area contributed by atoms with Gasteiger partial charge in [0, 0.05) is 15.8 Å². The maximum Gasteiger partial charge on any atom is 0.126 e. The molecule has 0 saturated carbocycles. The van der Waals surface area contributed by atoms with E-state index in [1.165, 1.54) is 5.56 Å². The van der Waals surface area contributed by atoms with Crippen molar-refractivity contribution in [2.45, 2.75) is 49.4 Å². The van der Waals surface area contributed by atoms with Gasteiger partial charge in [0.25, 0.3) is 0 Å². The van der Waals surface area contributed by atoms with Gasteiger partial charge in [-0.2, -0.15) is 0 Å². The average molecular weight is 303 g/mol. The number of benzene rings is 2. The van der Waals surface area contributed by atoms with E-state index in [0.29, 0.717) is 11.5 Å². The predicted molar refractivity (Wildman–Crippen MR) is 88.4 cm³/mol. The topological polar surface area (TPSA) is 26.0 Å². The van der Waals surface area contributed by atoms with Crippen molar-refractivity contribution in [1.29, 1.82) is 0 Å². The largest absolute Gasteiger partial charge is 0.324 e. The van der Waals surface area contributed by atoms with Gasteiger partial charge in [-0.15, -0.1) is 0 Å². The molecule has 0 aliphatic heterocycles. The molecule has 0 fully saturated rings. The highest BCUT2D eigenvalue weighted by atomic mass is 32.2. The predicted octanol–water partition coefficient (Wildman–Crippen LogP) is 5.43. The van der Waals surface area contributed by atoms with Gasteiger partial charge in [0.15, 0.2) is 0 Å². The van der Waals surface area contributed by atoms with Crippen molar-refractivity contribution in [2.75, 3.05) is 0 Å². The molecule has 112 valence electrons. The number of halogens is 1. The molecule has 0 aromatic heterocycles. The first-order valence-corrected chi connectivity index (χ1v) is 8.03. The molecule has 1 nitrogen and oxygen atoms in total. The van der Waals surface area contributed by atoms with Crippen LogP contribution < -0.4 is 5.73 Å². The van der Waals surface area contributed by atoms with E-state index in [9.17, 15) is 4.39 Å². The molecule has 2 aromatic carbocycles. The van der Waals surface area contributed by atoms with Crippen molar-refractivity contribution in [3.05, 3.63) is 58.9 Å². The summed E-state index contributed by atoms with van der Waals surface area (Å²) in [5.41, 5.74) is 8.80. The molecular weight excluding hydrogens is 281 g/mol. The van der Waals surface area contributed by atoms with Crippen molar-refractivity contribution in [2.24, 2.45) is 5.73 Å². The molecule has 0 saturated heterocycles. The first-order valence-electron chi connectivity index (χ1n) is 7.22. The molecule has 0 aliphatic carbocycles. The molecule has 2 N–H and O–H groups in total. The lowest BCUT2D eigenvalue weighted by Gasteiger charge is -2.14. The van der Waals surface area contributed by atoms with Crippen molar-refractivity contribution in [3.63, 3.8) is 0 Å². The minimum Gasteiger partial charge on any atom is -0.324 e. The van der Waals surface area contributed by atoms with E-state index in [1.54, 1.807) is 24.8 Å². The third kappa shape index (κ3) is 3.86. The van der Waals surface area contributed by atoms with Gasteiger partial charge < -0.3 is 5.73 Å². The van der Waals surface area contributed by atoms with Crippen LogP contribution in [-0.2, 0) is 0 Å². The zero-order chi connectivity index (χ0) is 15.6. The minimum absolute atomic E-state index is 0.183. The van der Waals surface area contributed by atoms with E-state index in [4.69, 9.17) is 5.73 Å². The quantitative estimate of drug-likeness (QED) is 0.815. The SMILES string of the molecule is Cc1cc(Sc2ccc(C(C)C)cc2)c([C@H](C)N)cc1F. The maximum absolute atomic E-state index is 13.7. The van der Waals surface area contributed by atoms with Gasteiger partial charge in [-0.05, 0) is 60.7 Å². The molecule has 3 heteroatoms. The van der Waals surface area contributed by atoms with Crippen LogP contribution in [0.25, 0.3) is 0 Å². The van der Waals surface area contributed by atoms with Crippen LogP contribution in [0.2, 0.25) is 0 Å². The summed E-state index contributed by atoms with van der Waals surface area (Å²) in [7, 11) is 0. The van der Waals surface area contributed by atoms with Crippen molar-refractivity contribution >= 4 is 11.8 Å². The second-order valence-electron chi connectivity index (χ2n) is 5.75. The Bertz CT molecular complexity index is 618. The van der Waals surface area contributed by atoms with E-state index < -0.39 is 0 Å². The van der Waals surface area contributed by atoms with E-state index in [-0.39, 0.29) is 11.9 Å². The van der Waals surface area contributed by atoms with Crippen LogP contribution in [0.1, 0.15) is 49.4 Å². The van der Waals surface area contributed by atoms with Gasteiger partial charge in [-0.25, -0.2) is 4.39 Å². The molecule has 0 amide bonds. The van der Waals surface area contributed by atoms with Crippen LogP contribution in [0.5, 0.6) is 0 Å². The van der Waals surface area contributed by atoms with Crippen LogP contribution in [0.3, 0.4) is 0 Å². The normalized spacial score (nSPS) is 12.7. The maximum atomic E-state index is 13.7. The Hall–Kier alpha value is -1.32. The second kappa shape index (κ2) is 6.63. The Labute approximate surface area is 130 Å². The Morgan fingerprint density at radius 1 is 1.05 bits per heavy atom. The van der Waals surface area contributed by atoms with Gasteiger partial charge in [-0.1, -0.05) is 37.7 Å². The first kappa shape index (κ1) is 16.1. The van der Waals surface area contributed by atoms with Crippen molar-refractivity contribution in [3.8, 4) is 0 Å². The van der Waals surface area contributed by atoms with Crippen LogP contribution >= 0.6 is 11.8 Å². The first-order chi connectivity index (χ1) is 9.88. The summed E-state index contributed by atoms with van der Waals surface area (Å²) in [6, 6.07) is 11.8. The molecule has 1 atom stereocenters. The summed E-state index contributed by atoms with van der Waals surface area (Å²) in [6.45, 7) is 8.03. The lowest BCUT2D eigenvalue weighted by molar-refractivity contribution is 0.610. The Morgan fingerprint density at radius 2 is 1.67 bits per heavy atom. The van der Waals surface area contributed by atoms with Gasteiger partial charge >= 0.3 is 0 Å². The fraction of sp³-hybridized carbons (Fsp3) is 0.333. The van der Waals surface area contributed by atoms with Crippen LogP contribution in [0.15, 0.2) is 46.2 Å². The Morgan fingerprint density at radius 3 is 2.19 bits per heavy atom. The fourth-order valence-corrected chi connectivity index (χ4v) is 3.29. The molecular formula is C18H22FNS. The summed E-state index contributed by atoms with van der Waals surface area (Å²) in [5.74, 6) is 0.332. The smallest absolute Gasteiger partial charge is 0.126 e. The molecule has 2 aromatic rings. The van der Waals surface area contributed by atoms with Crippen molar-refractivity contribution < 1.29 is 4.39 Å². The summed E-state index contributed by atoms with van der Waals surface area (Å²) in [5, 5.41) is 0. The van der Waals surface area contributed by atoms with E-state index in [0.717, 1.165) is 15.4 Å². The molecule has 0 heterocycles. The fourth-order valence-electron chi connectivity index (χ4n) is 2.16.